The van der Waals surface area contributed by atoms with Gasteiger partial charge in [0.2, 0.25) is 0 Å². The second kappa shape index (κ2) is 7.02. The number of likely N-dealkylation sites (tertiary alicyclic amines) is 1. The Kier molecular flexibility index (Phi) is 5.34. The molecule has 1 saturated carbocycles. The van der Waals surface area contributed by atoms with Gasteiger partial charge in [0.15, 0.2) is 5.60 Å². The first-order valence-corrected chi connectivity index (χ1v) is 8.07. The van der Waals surface area contributed by atoms with Crippen LogP contribution in [0.4, 0.5) is 4.79 Å². The largest absolute Gasteiger partial charge is 0.430 e. The zero-order valence-electron chi connectivity index (χ0n) is 12.9. The smallest absolute Gasteiger partial charge is 0.411 e. The Bertz CT molecular complexity index is 380. The molecule has 2 rings (SSSR count). The number of rotatable bonds is 1. The van der Waals surface area contributed by atoms with Gasteiger partial charge in [-0.05, 0) is 46.0 Å². The number of carbonyl (C=O) groups excluding carboxylic acids is 1. The molecule has 1 amide bonds. The molecule has 1 heterocycles. The van der Waals surface area contributed by atoms with E-state index in [1.54, 1.807) is 0 Å². The molecule has 0 aromatic rings. The predicted molar refractivity (Wildman–Crippen MR) is 80.3 cm³/mol. The molecular weight excluding hydrogens is 250 g/mol. The van der Waals surface area contributed by atoms with Crippen LogP contribution in [0.1, 0.15) is 65.2 Å². The van der Waals surface area contributed by atoms with Crippen molar-refractivity contribution in [1.82, 2.24) is 4.90 Å². The van der Waals surface area contributed by atoms with Gasteiger partial charge in [-0.1, -0.05) is 31.1 Å². The average Bonchev–Trinajstić information content (AvgIpc) is 2.47. The van der Waals surface area contributed by atoms with Crippen LogP contribution in [0.25, 0.3) is 0 Å². The first-order valence-electron chi connectivity index (χ1n) is 8.07. The minimum atomic E-state index is -0.675. The summed E-state index contributed by atoms with van der Waals surface area (Å²) in [7, 11) is 0. The van der Waals surface area contributed by atoms with E-state index < -0.39 is 5.60 Å². The van der Waals surface area contributed by atoms with E-state index in [0.29, 0.717) is 5.92 Å². The Morgan fingerprint density at radius 3 is 2.30 bits per heavy atom. The number of carbonyl (C=O) groups is 1. The minimum absolute atomic E-state index is 0.201. The molecule has 3 nitrogen and oxygen atoms in total. The first kappa shape index (κ1) is 15.2. The highest BCUT2D eigenvalue weighted by molar-refractivity contribution is 5.68. The Morgan fingerprint density at radius 2 is 1.65 bits per heavy atom. The van der Waals surface area contributed by atoms with Crippen LogP contribution in [0.3, 0.4) is 0 Å². The fourth-order valence-electron chi connectivity index (χ4n) is 2.91. The summed E-state index contributed by atoms with van der Waals surface area (Å²) in [6, 6.07) is 0. The van der Waals surface area contributed by atoms with Gasteiger partial charge < -0.3 is 9.64 Å². The number of hydrogen-bond donors (Lipinski definition) is 0. The molecule has 0 aromatic heterocycles. The molecular formula is C17H27NO2. The molecule has 0 radical (unpaired) electrons. The van der Waals surface area contributed by atoms with E-state index in [2.05, 4.69) is 11.8 Å². The lowest BCUT2D eigenvalue weighted by molar-refractivity contribution is 0.0417. The van der Waals surface area contributed by atoms with Gasteiger partial charge in [-0.15, -0.1) is 0 Å². The quantitative estimate of drug-likeness (QED) is 0.679. The fraction of sp³-hybridized carbons (Fsp3) is 0.824. The molecule has 3 heteroatoms. The standard InChI is InChI=1S/C17H27NO2/c1-17(2,12-11-15-9-5-3-6-10-15)20-16(19)18-13-7-4-8-14-18/h15H,3-10,13-14H2,1-2H3. The molecule has 0 atom stereocenters. The van der Waals surface area contributed by atoms with Crippen molar-refractivity contribution in [2.75, 3.05) is 13.1 Å². The zero-order chi connectivity index (χ0) is 14.4. The summed E-state index contributed by atoms with van der Waals surface area (Å²) in [6.45, 7) is 5.44. The molecule has 2 aliphatic rings. The maximum Gasteiger partial charge on any atom is 0.411 e. The third kappa shape index (κ3) is 4.74. The van der Waals surface area contributed by atoms with E-state index in [9.17, 15) is 4.79 Å². The van der Waals surface area contributed by atoms with Gasteiger partial charge in [-0.3, -0.25) is 0 Å². The second-order valence-corrected chi connectivity index (χ2v) is 6.53. The van der Waals surface area contributed by atoms with E-state index in [1.165, 1.54) is 38.5 Å². The summed E-state index contributed by atoms with van der Waals surface area (Å²) in [5, 5.41) is 0. The summed E-state index contributed by atoms with van der Waals surface area (Å²) in [6.07, 6.45) is 9.49. The van der Waals surface area contributed by atoms with Gasteiger partial charge in [0.25, 0.3) is 0 Å². The second-order valence-electron chi connectivity index (χ2n) is 6.53. The molecule has 2 fully saturated rings. The van der Waals surface area contributed by atoms with Crippen LogP contribution in [0.15, 0.2) is 0 Å². The van der Waals surface area contributed by atoms with E-state index in [0.717, 1.165) is 25.9 Å². The topological polar surface area (TPSA) is 29.5 Å². The first-order chi connectivity index (χ1) is 9.57. The van der Waals surface area contributed by atoms with E-state index in [4.69, 9.17) is 4.74 Å². The molecule has 20 heavy (non-hydrogen) atoms. The van der Waals surface area contributed by atoms with Gasteiger partial charge in [-0.25, -0.2) is 4.79 Å². The minimum Gasteiger partial charge on any atom is -0.430 e. The lowest BCUT2D eigenvalue weighted by atomic mass is 9.89. The normalized spacial score (nSPS) is 21.0. The van der Waals surface area contributed by atoms with Crippen molar-refractivity contribution in [3.63, 3.8) is 0 Å². The van der Waals surface area contributed by atoms with Crippen LogP contribution in [0, 0.1) is 17.8 Å². The van der Waals surface area contributed by atoms with Crippen LogP contribution >= 0.6 is 0 Å². The van der Waals surface area contributed by atoms with Crippen molar-refractivity contribution < 1.29 is 9.53 Å². The lowest BCUT2D eigenvalue weighted by Gasteiger charge is -2.29. The number of amides is 1. The lowest BCUT2D eigenvalue weighted by Crippen LogP contribution is -2.40. The third-order valence-electron chi connectivity index (χ3n) is 4.14. The van der Waals surface area contributed by atoms with Crippen LogP contribution in [0.2, 0.25) is 0 Å². The SMILES string of the molecule is CC(C)(C#CC1CCCCC1)OC(=O)N1CCCCC1. The van der Waals surface area contributed by atoms with Crippen molar-refractivity contribution in [3.8, 4) is 11.8 Å². The Hall–Kier alpha value is -1.17. The third-order valence-corrected chi connectivity index (χ3v) is 4.14. The summed E-state index contributed by atoms with van der Waals surface area (Å²) in [5.74, 6) is 7.00. The van der Waals surface area contributed by atoms with Crippen molar-refractivity contribution >= 4 is 6.09 Å². The Balaban J connectivity index is 1.85. The molecule has 112 valence electrons. The molecule has 0 spiro atoms. The van der Waals surface area contributed by atoms with Crippen molar-refractivity contribution in [1.29, 1.82) is 0 Å². The Labute approximate surface area is 123 Å². The molecule has 1 saturated heterocycles. The van der Waals surface area contributed by atoms with Crippen molar-refractivity contribution in [2.45, 2.75) is 70.8 Å². The molecule has 0 bridgehead atoms. The molecule has 0 unspecified atom stereocenters. The van der Waals surface area contributed by atoms with Gasteiger partial charge in [0, 0.05) is 19.0 Å². The molecule has 1 aliphatic carbocycles. The van der Waals surface area contributed by atoms with Crippen molar-refractivity contribution in [3.05, 3.63) is 0 Å². The van der Waals surface area contributed by atoms with E-state index >= 15 is 0 Å². The number of ether oxygens (including phenoxy) is 1. The monoisotopic (exact) mass is 277 g/mol. The summed E-state index contributed by atoms with van der Waals surface area (Å²) in [5.41, 5.74) is -0.675. The maximum atomic E-state index is 12.1. The van der Waals surface area contributed by atoms with Crippen LogP contribution in [0.5, 0.6) is 0 Å². The van der Waals surface area contributed by atoms with Gasteiger partial charge in [-0.2, -0.15) is 0 Å². The van der Waals surface area contributed by atoms with E-state index in [-0.39, 0.29) is 6.09 Å². The van der Waals surface area contributed by atoms with Gasteiger partial charge in [0.1, 0.15) is 0 Å². The average molecular weight is 277 g/mol. The molecule has 1 aliphatic heterocycles. The zero-order valence-corrected chi connectivity index (χ0v) is 12.9. The predicted octanol–water partition coefficient (Wildman–Crippen LogP) is 3.97. The Morgan fingerprint density at radius 1 is 1.05 bits per heavy atom. The van der Waals surface area contributed by atoms with Gasteiger partial charge >= 0.3 is 6.09 Å². The highest BCUT2D eigenvalue weighted by Gasteiger charge is 2.25. The van der Waals surface area contributed by atoms with Crippen LogP contribution < -0.4 is 0 Å². The van der Waals surface area contributed by atoms with Gasteiger partial charge in [0.05, 0.1) is 0 Å². The highest BCUT2D eigenvalue weighted by atomic mass is 16.6. The van der Waals surface area contributed by atoms with Crippen LogP contribution in [-0.2, 0) is 4.74 Å². The summed E-state index contributed by atoms with van der Waals surface area (Å²) < 4.78 is 5.58. The maximum absolute atomic E-state index is 12.1. The van der Waals surface area contributed by atoms with Crippen molar-refractivity contribution in [2.24, 2.45) is 5.92 Å². The molecule has 0 aromatic carbocycles. The number of piperidine rings is 1. The van der Waals surface area contributed by atoms with Crippen LogP contribution in [-0.4, -0.2) is 29.7 Å². The number of hydrogen-bond acceptors (Lipinski definition) is 2. The highest BCUT2D eigenvalue weighted by Crippen LogP contribution is 2.23. The summed E-state index contributed by atoms with van der Waals surface area (Å²) in [4.78, 5) is 13.9. The fourth-order valence-corrected chi connectivity index (χ4v) is 2.91. The molecule has 0 N–H and O–H groups in total. The summed E-state index contributed by atoms with van der Waals surface area (Å²) >= 11 is 0. The number of nitrogens with zero attached hydrogens (tertiary/aromatic N) is 1. The van der Waals surface area contributed by atoms with E-state index in [1.807, 2.05) is 18.7 Å².